The second kappa shape index (κ2) is 7.44. The molecule has 2 aromatic rings. The van der Waals surface area contributed by atoms with Crippen molar-refractivity contribution >= 4 is 11.6 Å². The molecule has 2 atom stereocenters. The molecule has 0 saturated carbocycles. The van der Waals surface area contributed by atoms with E-state index in [1.807, 2.05) is 42.5 Å². The number of benzene rings is 2. The minimum Gasteiger partial charge on any atom is -0.396 e. The number of aliphatic hydroxyl groups is 1. The van der Waals surface area contributed by atoms with Crippen molar-refractivity contribution in [3.63, 3.8) is 0 Å². The van der Waals surface area contributed by atoms with Crippen molar-refractivity contribution in [2.24, 2.45) is 0 Å². The van der Waals surface area contributed by atoms with Crippen molar-refractivity contribution in [2.45, 2.75) is 25.4 Å². The molecule has 0 radical (unpaired) electrons. The molecule has 0 aromatic heterocycles. The monoisotopic (exact) mass is 289 g/mol. The quantitative estimate of drug-likeness (QED) is 0.838. The predicted octanol–water partition coefficient (Wildman–Crippen LogP) is 4.11. The van der Waals surface area contributed by atoms with E-state index in [1.54, 1.807) is 0 Å². The van der Waals surface area contributed by atoms with Crippen LogP contribution in [0.4, 0.5) is 0 Å². The van der Waals surface area contributed by atoms with Crippen LogP contribution in [-0.4, -0.2) is 11.7 Å². The van der Waals surface area contributed by atoms with Gasteiger partial charge in [0.05, 0.1) is 0 Å². The fraction of sp³-hybridized carbons (Fsp3) is 0.294. The number of hydrogen-bond acceptors (Lipinski definition) is 2. The van der Waals surface area contributed by atoms with E-state index in [0.717, 1.165) is 10.6 Å². The summed E-state index contributed by atoms with van der Waals surface area (Å²) in [6.45, 7) is 2.25. The first kappa shape index (κ1) is 15.0. The van der Waals surface area contributed by atoms with E-state index >= 15 is 0 Å². The molecule has 0 spiro atoms. The van der Waals surface area contributed by atoms with Crippen LogP contribution < -0.4 is 5.32 Å². The molecule has 106 valence electrons. The van der Waals surface area contributed by atoms with Crippen molar-refractivity contribution in [1.82, 2.24) is 5.32 Å². The van der Waals surface area contributed by atoms with Gasteiger partial charge in [0.15, 0.2) is 0 Å². The van der Waals surface area contributed by atoms with Gasteiger partial charge in [-0.25, -0.2) is 0 Å². The fourth-order valence-corrected chi connectivity index (χ4v) is 2.68. The lowest BCUT2D eigenvalue weighted by Crippen LogP contribution is -2.25. The average Bonchev–Trinajstić information content (AvgIpc) is 2.48. The zero-order chi connectivity index (χ0) is 14.4. The smallest absolute Gasteiger partial charge is 0.0453 e. The van der Waals surface area contributed by atoms with E-state index in [-0.39, 0.29) is 18.7 Å². The Morgan fingerprint density at radius 2 is 1.70 bits per heavy atom. The SMILES string of the molecule is CC(N[C@H](CCO)c1ccccc1)c1ccccc1Cl. The summed E-state index contributed by atoms with van der Waals surface area (Å²) in [5.41, 5.74) is 2.26. The van der Waals surface area contributed by atoms with Gasteiger partial charge in [-0.1, -0.05) is 60.1 Å². The van der Waals surface area contributed by atoms with Gasteiger partial charge in [-0.15, -0.1) is 0 Å². The van der Waals surface area contributed by atoms with E-state index in [9.17, 15) is 5.11 Å². The second-order valence-corrected chi connectivity index (χ2v) is 5.29. The van der Waals surface area contributed by atoms with Gasteiger partial charge in [-0.3, -0.25) is 0 Å². The summed E-state index contributed by atoms with van der Waals surface area (Å²) in [7, 11) is 0. The van der Waals surface area contributed by atoms with E-state index in [4.69, 9.17) is 11.6 Å². The Kier molecular flexibility index (Phi) is 5.60. The van der Waals surface area contributed by atoms with E-state index in [1.165, 1.54) is 5.56 Å². The molecule has 0 amide bonds. The van der Waals surface area contributed by atoms with Crippen LogP contribution in [0.25, 0.3) is 0 Å². The lowest BCUT2D eigenvalue weighted by atomic mass is 10.0. The minimum absolute atomic E-state index is 0.118. The molecule has 2 nitrogen and oxygen atoms in total. The Hall–Kier alpha value is -1.35. The van der Waals surface area contributed by atoms with Crippen LogP contribution in [0.15, 0.2) is 54.6 Å². The molecule has 2 aromatic carbocycles. The number of halogens is 1. The van der Waals surface area contributed by atoms with Crippen LogP contribution in [0.2, 0.25) is 5.02 Å². The molecule has 2 rings (SSSR count). The summed E-state index contributed by atoms with van der Waals surface area (Å²) in [4.78, 5) is 0. The van der Waals surface area contributed by atoms with Gasteiger partial charge in [-0.05, 0) is 30.5 Å². The molecule has 0 aliphatic heterocycles. The number of aliphatic hydroxyl groups excluding tert-OH is 1. The third kappa shape index (κ3) is 3.83. The highest BCUT2D eigenvalue weighted by molar-refractivity contribution is 6.31. The van der Waals surface area contributed by atoms with Gasteiger partial charge in [0, 0.05) is 23.7 Å². The molecule has 20 heavy (non-hydrogen) atoms. The Morgan fingerprint density at radius 1 is 1.05 bits per heavy atom. The summed E-state index contributed by atoms with van der Waals surface area (Å²) < 4.78 is 0. The highest BCUT2D eigenvalue weighted by atomic mass is 35.5. The molecule has 0 aliphatic carbocycles. The largest absolute Gasteiger partial charge is 0.396 e. The van der Waals surface area contributed by atoms with Crippen molar-refractivity contribution in [1.29, 1.82) is 0 Å². The van der Waals surface area contributed by atoms with Crippen LogP contribution in [0.3, 0.4) is 0 Å². The minimum atomic E-state index is 0.118. The molecule has 0 fully saturated rings. The molecule has 0 saturated heterocycles. The number of hydrogen-bond donors (Lipinski definition) is 2. The van der Waals surface area contributed by atoms with Gasteiger partial charge in [0.1, 0.15) is 0 Å². The van der Waals surface area contributed by atoms with Gasteiger partial charge in [0.25, 0.3) is 0 Å². The normalized spacial score (nSPS) is 13.9. The van der Waals surface area contributed by atoms with E-state index in [0.29, 0.717) is 6.42 Å². The highest BCUT2D eigenvalue weighted by Gasteiger charge is 2.16. The third-order valence-corrected chi connectivity index (χ3v) is 3.79. The molecule has 0 bridgehead atoms. The summed E-state index contributed by atoms with van der Waals surface area (Å²) >= 11 is 6.24. The Labute approximate surface area is 125 Å². The summed E-state index contributed by atoms with van der Waals surface area (Å²) in [6.07, 6.45) is 0.679. The molecule has 3 heteroatoms. The van der Waals surface area contributed by atoms with E-state index in [2.05, 4.69) is 24.4 Å². The molecule has 2 N–H and O–H groups in total. The predicted molar refractivity (Wildman–Crippen MR) is 83.9 cm³/mol. The lowest BCUT2D eigenvalue weighted by molar-refractivity contribution is 0.260. The van der Waals surface area contributed by atoms with Crippen LogP contribution >= 0.6 is 11.6 Å². The highest BCUT2D eigenvalue weighted by Crippen LogP contribution is 2.26. The second-order valence-electron chi connectivity index (χ2n) is 4.89. The summed E-state index contributed by atoms with van der Waals surface area (Å²) in [5.74, 6) is 0. The molecule has 0 aliphatic rings. The van der Waals surface area contributed by atoms with Crippen molar-refractivity contribution in [3.05, 3.63) is 70.7 Å². The van der Waals surface area contributed by atoms with Crippen molar-refractivity contribution < 1.29 is 5.11 Å². The summed E-state index contributed by atoms with van der Waals surface area (Å²) in [5, 5.41) is 13.6. The zero-order valence-electron chi connectivity index (χ0n) is 11.6. The van der Waals surface area contributed by atoms with Gasteiger partial charge in [-0.2, -0.15) is 0 Å². The maximum Gasteiger partial charge on any atom is 0.0453 e. The molecule has 0 heterocycles. The first-order valence-electron chi connectivity index (χ1n) is 6.88. The van der Waals surface area contributed by atoms with Gasteiger partial charge >= 0.3 is 0 Å². The standard InChI is InChI=1S/C17H20ClNO/c1-13(15-9-5-6-10-16(15)18)19-17(11-12-20)14-7-3-2-4-8-14/h2-10,13,17,19-20H,11-12H2,1H3/t13?,17-/m1/s1. The zero-order valence-corrected chi connectivity index (χ0v) is 12.3. The number of rotatable bonds is 6. The molecule has 1 unspecified atom stereocenters. The van der Waals surface area contributed by atoms with E-state index < -0.39 is 0 Å². The van der Waals surface area contributed by atoms with Crippen LogP contribution in [-0.2, 0) is 0 Å². The topological polar surface area (TPSA) is 32.3 Å². The summed E-state index contributed by atoms with van der Waals surface area (Å²) in [6, 6.07) is 18.3. The lowest BCUT2D eigenvalue weighted by Gasteiger charge is -2.24. The van der Waals surface area contributed by atoms with Gasteiger partial charge in [0.2, 0.25) is 0 Å². The Bertz CT molecular complexity index is 530. The fourth-order valence-electron chi connectivity index (χ4n) is 2.38. The van der Waals surface area contributed by atoms with Crippen LogP contribution in [0.5, 0.6) is 0 Å². The van der Waals surface area contributed by atoms with Crippen molar-refractivity contribution in [2.75, 3.05) is 6.61 Å². The third-order valence-electron chi connectivity index (χ3n) is 3.44. The Morgan fingerprint density at radius 3 is 2.35 bits per heavy atom. The van der Waals surface area contributed by atoms with Gasteiger partial charge < -0.3 is 10.4 Å². The van der Waals surface area contributed by atoms with Crippen LogP contribution in [0, 0.1) is 0 Å². The first-order valence-corrected chi connectivity index (χ1v) is 7.26. The van der Waals surface area contributed by atoms with Crippen LogP contribution in [0.1, 0.15) is 36.6 Å². The van der Waals surface area contributed by atoms with Crippen molar-refractivity contribution in [3.8, 4) is 0 Å². The maximum atomic E-state index is 9.27. The number of nitrogens with one attached hydrogen (secondary N) is 1. The maximum absolute atomic E-state index is 9.27. The molecular formula is C17H20ClNO. The average molecular weight is 290 g/mol. The first-order chi connectivity index (χ1) is 9.72. The molecular weight excluding hydrogens is 270 g/mol. The Balaban J connectivity index is 2.14.